The summed E-state index contributed by atoms with van der Waals surface area (Å²) in [6, 6.07) is 14.6. The minimum Gasteiger partial charge on any atom is -0.480 e. The zero-order valence-electron chi connectivity index (χ0n) is 17.2. The third-order valence-corrected chi connectivity index (χ3v) is 8.58. The lowest BCUT2D eigenvalue weighted by Gasteiger charge is -2.21. The van der Waals surface area contributed by atoms with Crippen molar-refractivity contribution in [1.82, 2.24) is 9.29 Å². The lowest BCUT2D eigenvalue weighted by atomic mass is 10.2. The Kier molecular flexibility index (Phi) is 5.83. The van der Waals surface area contributed by atoms with Crippen LogP contribution in [0.3, 0.4) is 0 Å². The summed E-state index contributed by atoms with van der Waals surface area (Å²) in [5.41, 5.74) is 2.02. The van der Waals surface area contributed by atoms with Gasteiger partial charge in [0.15, 0.2) is 0 Å². The van der Waals surface area contributed by atoms with Crippen LogP contribution in [0, 0.1) is 0 Å². The van der Waals surface area contributed by atoms with E-state index in [1.54, 1.807) is 19.2 Å². The highest BCUT2D eigenvalue weighted by Gasteiger charge is 2.43. The molecule has 0 aliphatic carbocycles. The van der Waals surface area contributed by atoms with Gasteiger partial charge < -0.3 is 10.0 Å². The fourth-order valence-electron chi connectivity index (χ4n) is 3.71. The second-order valence-electron chi connectivity index (χ2n) is 7.46. The van der Waals surface area contributed by atoms with Crippen molar-refractivity contribution in [1.29, 1.82) is 0 Å². The molecule has 0 bridgehead atoms. The van der Waals surface area contributed by atoms with E-state index < -0.39 is 22.0 Å². The number of fused-ring (bicyclic) bond motifs is 1. The van der Waals surface area contributed by atoms with Crippen molar-refractivity contribution in [2.75, 3.05) is 11.9 Å². The van der Waals surface area contributed by atoms with Gasteiger partial charge in [-0.25, -0.2) is 13.4 Å². The molecule has 0 spiro atoms. The minimum atomic E-state index is -3.81. The number of hydrogen-bond donors (Lipinski definition) is 1. The summed E-state index contributed by atoms with van der Waals surface area (Å²) in [5.74, 6) is -0.302. The fourth-order valence-corrected chi connectivity index (χ4v) is 7.10. The molecule has 31 heavy (non-hydrogen) atoms. The van der Waals surface area contributed by atoms with Crippen LogP contribution in [0.2, 0.25) is 0 Å². The Morgan fingerprint density at radius 1 is 1.26 bits per heavy atom. The van der Waals surface area contributed by atoms with Crippen LogP contribution in [0.25, 0.3) is 10.4 Å². The number of carbonyl (C=O) groups is 1. The minimum absolute atomic E-state index is 0.0957. The highest BCUT2D eigenvalue weighted by atomic mass is 32.2. The molecular weight excluding hydrogens is 434 g/mol. The Hall–Kier alpha value is -2.75. The maximum absolute atomic E-state index is 12.9. The summed E-state index contributed by atoms with van der Waals surface area (Å²) in [6.45, 7) is 2.50. The molecule has 0 saturated heterocycles. The SMILES string of the molecule is CCC(C(=O)O)N1Cc2sc(-c3ccc(N(C)Cc4ccccc4)nc3)cc2S1(=O)=O. The van der Waals surface area contributed by atoms with E-state index in [1.807, 2.05) is 42.3 Å². The van der Waals surface area contributed by atoms with E-state index in [0.717, 1.165) is 27.1 Å². The van der Waals surface area contributed by atoms with Crippen molar-refractivity contribution < 1.29 is 18.3 Å². The molecule has 1 aliphatic rings. The lowest BCUT2D eigenvalue weighted by Crippen LogP contribution is -2.40. The summed E-state index contributed by atoms with van der Waals surface area (Å²) in [6.07, 6.45) is 1.96. The number of aromatic nitrogens is 1. The van der Waals surface area contributed by atoms with Gasteiger partial charge in [-0.3, -0.25) is 4.79 Å². The van der Waals surface area contributed by atoms with E-state index in [9.17, 15) is 18.3 Å². The third kappa shape index (κ3) is 4.08. The van der Waals surface area contributed by atoms with Crippen LogP contribution in [0.1, 0.15) is 23.8 Å². The monoisotopic (exact) mass is 457 g/mol. The topological polar surface area (TPSA) is 90.8 Å². The Morgan fingerprint density at radius 2 is 2.00 bits per heavy atom. The van der Waals surface area contributed by atoms with Gasteiger partial charge in [0.25, 0.3) is 0 Å². The summed E-state index contributed by atoms with van der Waals surface area (Å²) in [5, 5.41) is 9.36. The number of sulfonamides is 1. The largest absolute Gasteiger partial charge is 0.480 e. The standard InChI is InChI=1S/C22H23N3O4S2/c1-3-17(22(26)27)25-14-19-20(31(25,28)29)11-18(30-19)16-9-10-21(23-12-16)24(2)13-15-7-5-4-6-8-15/h4-12,17H,3,13-14H2,1-2H3,(H,26,27). The molecule has 0 fully saturated rings. The van der Waals surface area contributed by atoms with E-state index in [2.05, 4.69) is 17.1 Å². The van der Waals surface area contributed by atoms with Gasteiger partial charge >= 0.3 is 5.97 Å². The van der Waals surface area contributed by atoms with Crippen molar-refractivity contribution in [2.45, 2.75) is 37.4 Å². The molecule has 1 N–H and O–H groups in total. The predicted molar refractivity (Wildman–Crippen MR) is 121 cm³/mol. The molecular formula is C22H23N3O4S2. The first kappa shape index (κ1) is 21.5. The first-order valence-corrected chi connectivity index (χ1v) is 12.2. The average Bonchev–Trinajstić information content (AvgIpc) is 3.28. The Bertz CT molecular complexity index is 1190. The number of pyridine rings is 1. The predicted octanol–water partition coefficient (Wildman–Crippen LogP) is 3.81. The third-order valence-electron chi connectivity index (χ3n) is 5.36. The summed E-state index contributed by atoms with van der Waals surface area (Å²) in [7, 11) is -1.84. The van der Waals surface area contributed by atoms with Crippen LogP contribution in [-0.2, 0) is 27.9 Å². The maximum Gasteiger partial charge on any atom is 0.322 e. The van der Waals surface area contributed by atoms with Crippen molar-refractivity contribution in [3.8, 4) is 10.4 Å². The number of anilines is 1. The number of hydrogen-bond acceptors (Lipinski definition) is 6. The molecule has 162 valence electrons. The number of nitrogens with zero attached hydrogens (tertiary/aromatic N) is 3. The molecule has 2 aromatic heterocycles. The quantitative estimate of drug-likeness (QED) is 0.580. The second-order valence-corrected chi connectivity index (χ2v) is 10.5. The number of thiophene rings is 1. The van der Waals surface area contributed by atoms with Crippen LogP contribution < -0.4 is 4.90 Å². The van der Waals surface area contributed by atoms with Gasteiger partial charge in [-0.2, -0.15) is 4.31 Å². The maximum atomic E-state index is 12.9. The highest BCUT2D eigenvalue weighted by molar-refractivity contribution is 7.89. The molecule has 0 radical (unpaired) electrons. The zero-order chi connectivity index (χ0) is 22.2. The van der Waals surface area contributed by atoms with Gasteiger partial charge in [0.2, 0.25) is 10.0 Å². The normalized spacial score (nSPS) is 16.1. The van der Waals surface area contributed by atoms with Gasteiger partial charge in [0.05, 0.1) is 11.4 Å². The summed E-state index contributed by atoms with van der Waals surface area (Å²) < 4.78 is 26.9. The van der Waals surface area contributed by atoms with Crippen LogP contribution >= 0.6 is 11.3 Å². The number of benzene rings is 1. The molecule has 9 heteroatoms. The fraction of sp³-hybridized carbons (Fsp3) is 0.273. The summed E-state index contributed by atoms with van der Waals surface area (Å²) >= 11 is 1.37. The molecule has 1 unspecified atom stereocenters. The van der Waals surface area contributed by atoms with Gasteiger partial charge in [0, 0.05) is 35.1 Å². The van der Waals surface area contributed by atoms with Gasteiger partial charge in [-0.15, -0.1) is 11.3 Å². The smallest absolute Gasteiger partial charge is 0.322 e. The Labute approximate surface area is 185 Å². The van der Waals surface area contributed by atoms with Crippen molar-refractivity contribution in [3.63, 3.8) is 0 Å². The molecule has 4 rings (SSSR count). The second kappa shape index (κ2) is 8.41. The average molecular weight is 458 g/mol. The highest BCUT2D eigenvalue weighted by Crippen LogP contribution is 2.42. The van der Waals surface area contributed by atoms with Crippen LogP contribution in [0.15, 0.2) is 59.6 Å². The van der Waals surface area contributed by atoms with E-state index in [0.29, 0.717) is 4.88 Å². The lowest BCUT2D eigenvalue weighted by molar-refractivity contribution is -0.141. The van der Waals surface area contributed by atoms with E-state index in [1.165, 1.54) is 16.9 Å². The molecule has 1 aliphatic heterocycles. The Balaban J connectivity index is 1.54. The molecule has 1 aromatic carbocycles. The van der Waals surface area contributed by atoms with Gasteiger partial charge in [0.1, 0.15) is 11.9 Å². The van der Waals surface area contributed by atoms with E-state index in [4.69, 9.17) is 0 Å². The molecule has 0 amide bonds. The van der Waals surface area contributed by atoms with Crippen molar-refractivity contribution in [2.24, 2.45) is 0 Å². The van der Waals surface area contributed by atoms with E-state index in [-0.39, 0.29) is 17.9 Å². The van der Waals surface area contributed by atoms with Crippen molar-refractivity contribution >= 4 is 33.1 Å². The first-order valence-electron chi connectivity index (χ1n) is 9.90. The van der Waals surface area contributed by atoms with Crippen LogP contribution in [0.4, 0.5) is 5.82 Å². The molecule has 3 heterocycles. The van der Waals surface area contributed by atoms with Crippen LogP contribution in [0.5, 0.6) is 0 Å². The summed E-state index contributed by atoms with van der Waals surface area (Å²) in [4.78, 5) is 19.7. The molecule has 7 nitrogen and oxygen atoms in total. The molecule has 3 aromatic rings. The van der Waals surface area contributed by atoms with Gasteiger partial charge in [-0.05, 0) is 30.2 Å². The number of carboxylic acid groups (broad SMARTS) is 1. The first-order chi connectivity index (χ1) is 14.8. The number of rotatable bonds is 7. The van der Waals surface area contributed by atoms with Gasteiger partial charge in [-0.1, -0.05) is 37.3 Å². The number of aliphatic carboxylic acids is 1. The Morgan fingerprint density at radius 3 is 2.58 bits per heavy atom. The molecule has 1 atom stereocenters. The number of carboxylic acids is 1. The zero-order valence-corrected chi connectivity index (χ0v) is 18.9. The van der Waals surface area contributed by atoms with E-state index >= 15 is 0 Å². The molecule has 0 saturated carbocycles. The van der Waals surface area contributed by atoms with Crippen molar-refractivity contribution in [3.05, 3.63) is 65.2 Å². The van der Waals surface area contributed by atoms with Crippen LogP contribution in [-0.4, -0.2) is 41.9 Å².